The van der Waals surface area contributed by atoms with Crippen LogP contribution in [0.4, 0.5) is 10.6 Å². The van der Waals surface area contributed by atoms with Crippen LogP contribution in [0.5, 0.6) is 17.4 Å². The third-order valence-corrected chi connectivity index (χ3v) is 5.62. The Labute approximate surface area is 161 Å². The van der Waals surface area contributed by atoms with E-state index in [2.05, 4.69) is 15.3 Å². The van der Waals surface area contributed by atoms with E-state index in [1.54, 1.807) is 13.8 Å². The van der Waals surface area contributed by atoms with E-state index in [0.29, 0.717) is 12.4 Å². The van der Waals surface area contributed by atoms with Crippen LogP contribution in [0.1, 0.15) is 37.8 Å². The number of nitrogens with zero attached hydrogens (tertiary/aromatic N) is 3. The van der Waals surface area contributed by atoms with Gasteiger partial charge in [0.1, 0.15) is 23.4 Å². The predicted molar refractivity (Wildman–Crippen MR) is 99.8 cm³/mol. The van der Waals surface area contributed by atoms with Crippen LogP contribution in [-0.2, 0) is 10.2 Å². The van der Waals surface area contributed by atoms with Gasteiger partial charge >= 0.3 is 6.03 Å². The minimum absolute atomic E-state index is 0.0430. The zero-order valence-corrected chi connectivity index (χ0v) is 15.9. The second kappa shape index (κ2) is 5.43. The highest BCUT2D eigenvalue weighted by Gasteiger charge is 2.53. The summed E-state index contributed by atoms with van der Waals surface area (Å²) >= 11 is 0. The molecule has 5 rings (SSSR count). The molecule has 0 unspecified atom stereocenters. The van der Waals surface area contributed by atoms with Crippen LogP contribution < -0.4 is 19.7 Å². The molecule has 3 aliphatic rings. The molecule has 1 saturated carbocycles. The van der Waals surface area contributed by atoms with E-state index in [0.717, 1.165) is 34.6 Å². The Balaban J connectivity index is 1.49. The Hall–Kier alpha value is -3.16. The maximum Gasteiger partial charge on any atom is 0.330 e. The lowest BCUT2D eigenvalue weighted by Crippen LogP contribution is -2.40. The SMILES string of the molecule is Cc1ccc(Oc2cc(N3C(=O)NC(C)(C)C3=O)ncn2)c2c1OCC21CC1. The number of rotatable bonds is 3. The smallest absolute Gasteiger partial charge is 0.330 e. The van der Waals surface area contributed by atoms with Crippen LogP contribution in [0, 0.1) is 6.92 Å². The van der Waals surface area contributed by atoms with Gasteiger partial charge in [0.15, 0.2) is 5.82 Å². The number of amides is 3. The number of carbonyl (C=O) groups is 2. The summed E-state index contributed by atoms with van der Waals surface area (Å²) in [6.07, 6.45) is 3.44. The van der Waals surface area contributed by atoms with Crippen molar-refractivity contribution in [3.8, 4) is 17.4 Å². The average Bonchev–Trinajstić information content (AvgIpc) is 3.25. The van der Waals surface area contributed by atoms with E-state index in [1.807, 2.05) is 19.1 Å². The molecule has 144 valence electrons. The van der Waals surface area contributed by atoms with E-state index in [4.69, 9.17) is 9.47 Å². The first-order chi connectivity index (χ1) is 13.3. The molecule has 28 heavy (non-hydrogen) atoms. The van der Waals surface area contributed by atoms with Gasteiger partial charge in [-0.15, -0.1) is 0 Å². The largest absolute Gasteiger partial charge is 0.492 e. The summed E-state index contributed by atoms with van der Waals surface area (Å²) in [5, 5.41) is 2.64. The molecule has 3 amide bonds. The summed E-state index contributed by atoms with van der Waals surface area (Å²) < 4.78 is 12.0. The summed E-state index contributed by atoms with van der Waals surface area (Å²) in [7, 11) is 0. The van der Waals surface area contributed by atoms with Gasteiger partial charge in [0, 0.05) is 17.0 Å². The van der Waals surface area contributed by atoms with Crippen LogP contribution in [0.3, 0.4) is 0 Å². The van der Waals surface area contributed by atoms with Gasteiger partial charge in [0.05, 0.1) is 6.61 Å². The van der Waals surface area contributed by atoms with Crippen molar-refractivity contribution in [3.05, 3.63) is 35.7 Å². The van der Waals surface area contributed by atoms with E-state index >= 15 is 0 Å². The Kier molecular flexibility index (Phi) is 3.29. The number of carbonyl (C=O) groups excluding carboxylic acids is 2. The number of hydrogen-bond donors (Lipinski definition) is 1. The van der Waals surface area contributed by atoms with Gasteiger partial charge < -0.3 is 14.8 Å². The topological polar surface area (TPSA) is 93.7 Å². The summed E-state index contributed by atoms with van der Waals surface area (Å²) in [6, 6.07) is 4.86. The Bertz CT molecular complexity index is 1030. The number of anilines is 1. The Morgan fingerprint density at radius 3 is 2.68 bits per heavy atom. The van der Waals surface area contributed by atoms with Gasteiger partial charge in [-0.2, -0.15) is 0 Å². The molecule has 1 saturated heterocycles. The van der Waals surface area contributed by atoms with Crippen molar-refractivity contribution in [2.45, 2.75) is 44.6 Å². The molecule has 8 heteroatoms. The quantitative estimate of drug-likeness (QED) is 0.823. The highest BCUT2D eigenvalue weighted by atomic mass is 16.5. The summed E-state index contributed by atoms with van der Waals surface area (Å²) in [4.78, 5) is 34.0. The summed E-state index contributed by atoms with van der Waals surface area (Å²) in [5.41, 5.74) is 1.23. The van der Waals surface area contributed by atoms with E-state index < -0.39 is 11.6 Å². The molecule has 1 aromatic heterocycles. The number of urea groups is 1. The molecule has 3 heterocycles. The maximum atomic E-state index is 12.5. The van der Waals surface area contributed by atoms with Crippen molar-refractivity contribution in [2.75, 3.05) is 11.5 Å². The fourth-order valence-corrected chi connectivity index (χ4v) is 3.85. The summed E-state index contributed by atoms with van der Waals surface area (Å²) in [5.74, 6) is 1.66. The van der Waals surface area contributed by atoms with Crippen molar-refractivity contribution >= 4 is 17.8 Å². The molecule has 1 aliphatic carbocycles. The molecule has 8 nitrogen and oxygen atoms in total. The van der Waals surface area contributed by atoms with Gasteiger partial charge in [-0.1, -0.05) is 6.07 Å². The lowest BCUT2D eigenvalue weighted by atomic mass is 9.95. The van der Waals surface area contributed by atoms with Crippen molar-refractivity contribution in [2.24, 2.45) is 0 Å². The number of hydrogen-bond acceptors (Lipinski definition) is 6. The van der Waals surface area contributed by atoms with Gasteiger partial charge in [0.2, 0.25) is 5.88 Å². The van der Waals surface area contributed by atoms with Gasteiger partial charge in [0.25, 0.3) is 5.91 Å². The third-order valence-electron chi connectivity index (χ3n) is 5.62. The molecule has 2 fully saturated rings. The van der Waals surface area contributed by atoms with Crippen LogP contribution in [0.15, 0.2) is 24.5 Å². The van der Waals surface area contributed by atoms with Gasteiger partial charge in [-0.25, -0.2) is 19.7 Å². The van der Waals surface area contributed by atoms with Crippen LogP contribution in [0.25, 0.3) is 0 Å². The molecule has 1 aromatic carbocycles. The highest BCUT2D eigenvalue weighted by Crippen LogP contribution is 2.59. The van der Waals surface area contributed by atoms with E-state index in [1.165, 1.54) is 12.4 Å². The monoisotopic (exact) mass is 380 g/mol. The van der Waals surface area contributed by atoms with Crippen molar-refractivity contribution in [3.63, 3.8) is 0 Å². The molecule has 2 aromatic rings. The number of benzene rings is 1. The number of aryl methyl sites for hydroxylation is 1. The van der Waals surface area contributed by atoms with Crippen LogP contribution in [-0.4, -0.2) is 34.1 Å². The predicted octanol–water partition coefficient (Wildman–Crippen LogP) is 2.84. The summed E-state index contributed by atoms with van der Waals surface area (Å²) in [6.45, 7) is 6.00. The minimum atomic E-state index is -0.976. The van der Waals surface area contributed by atoms with Crippen molar-refractivity contribution in [1.82, 2.24) is 15.3 Å². The number of ether oxygens (including phenoxy) is 2. The lowest BCUT2D eigenvalue weighted by Gasteiger charge is -2.16. The second-order valence-corrected chi connectivity index (χ2v) is 8.17. The molecule has 2 aliphatic heterocycles. The zero-order valence-electron chi connectivity index (χ0n) is 15.9. The Morgan fingerprint density at radius 1 is 1.21 bits per heavy atom. The molecule has 1 spiro atoms. The van der Waals surface area contributed by atoms with Gasteiger partial charge in [-0.05, 0) is 45.2 Å². The second-order valence-electron chi connectivity index (χ2n) is 8.17. The standard InChI is InChI=1S/C20H20N4O4/c1-11-4-5-12(15-16(11)27-9-20(15)6-7-20)28-14-8-13(21-10-22-14)24-17(25)19(2,3)23-18(24)26/h4-5,8,10H,6-7,9H2,1-3H3,(H,23,26). The first-order valence-electron chi connectivity index (χ1n) is 9.24. The normalized spacial score (nSPS) is 20.8. The molecule has 0 bridgehead atoms. The average molecular weight is 380 g/mol. The first kappa shape index (κ1) is 17.0. The lowest BCUT2D eigenvalue weighted by molar-refractivity contribution is -0.121. The van der Waals surface area contributed by atoms with Crippen molar-refractivity contribution in [1.29, 1.82) is 0 Å². The van der Waals surface area contributed by atoms with Crippen LogP contribution >= 0.6 is 0 Å². The molecule has 1 N–H and O–H groups in total. The first-order valence-corrected chi connectivity index (χ1v) is 9.24. The highest BCUT2D eigenvalue weighted by molar-refractivity contribution is 6.22. The van der Waals surface area contributed by atoms with Crippen LogP contribution in [0.2, 0.25) is 0 Å². The van der Waals surface area contributed by atoms with Crippen molar-refractivity contribution < 1.29 is 19.1 Å². The molecule has 0 atom stereocenters. The number of aromatic nitrogens is 2. The fourth-order valence-electron chi connectivity index (χ4n) is 3.85. The number of fused-ring (bicyclic) bond motifs is 2. The van der Waals surface area contributed by atoms with E-state index in [9.17, 15) is 9.59 Å². The maximum absolute atomic E-state index is 12.5. The molecular weight excluding hydrogens is 360 g/mol. The number of nitrogens with one attached hydrogen (secondary N) is 1. The van der Waals surface area contributed by atoms with Gasteiger partial charge in [-0.3, -0.25) is 4.79 Å². The van der Waals surface area contributed by atoms with E-state index in [-0.39, 0.29) is 23.0 Å². The Morgan fingerprint density at radius 2 is 2.00 bits per heavy atom. The fraction of sp³-hybridized carbons (Fsp3) is 0.400. The molecule has 0 radical (unpaired) electrons. The third kappa shape index (κ3) is 2.37. The minimum Gasteiger partial charge on any atom is -0.492 e. The zero-order chi connectivity index (χ0) is 19.7. The number of imide groups is 1. The molecular formula is C20H20N4O4.